The Hall–Kier alpha value is -8.31. The van der Waals surface area contributed by atoms with Gasteiger partial charge in [-0.25, -0.2) is 0 Å². The van der Waals surface area contributed by atoms with Gasteiger partial charge in [-0.05, 0) is 17.0 Å². The number of hydrogen-bond donors (Lipinski definition) is 0. The van der Waals surface area contributed by atoms with Gasteiger partial charge in [0.2, 0.25) is 0 Å². The van der Waals surface area contributed by atoms with Gasteiger partial charge >= 0.3 is 369 Å². The molecule has 0 aliphatic carbocycles. The molecule has 0 radical (unpaired) electrons. The van der Waals surface area contributed by atoms with Crippen LogP contribution in [0.2, 0.25) is 0 Å². The monoisotopic (exact) mass is 1090 g/mol. The van der Waals surface area contributed by atoms with Crippen molar-refractivity contribution in [3.8, 4) is 56.6 Å². The molecule has 0 amide bonds. The number of ether oxygens (including phenoxy) is 1. The average molecular weight is 1100 g/mol. The maximum absolute atomic E-state index is 6.75. The number of pyridine rings is 1. The van der Waals surface area contributed by atoms with E-state index < -0.39 is 0 Å². The van der Waals surface area contributed by atoms with Gasteiger partial charge in [-0.1, -0.05) is 32.9 Å². The Morgan fingerprint density at radius 2 is 0.972 bits per heavy atom. The number of para-hydroxylation sites is 5. The van der Waals surface area contributed by atoms with E-state index in [4.69, 9.17) is 9.72 Å². The second kappa shape index (κ2) is 17.0. The molecule has 0 saturated carbocycles. The van der Waals surface area contributed by atoms with Crippen LogP contribution in [0.3, 0.4) is 0 Å². The Bertz CT molecular complexity index is 4150. The van der Waals surface area contributed by atoms with Gasteiger partial charge in [0.1, 0.15) is 0 Å². The molecule has 344 valence electrons. The molecule has 0 saturated heterocycles. The predicted molar refractivity (Wildman–Crippen MR) is 286 cm³/mol. The first-order chi connectivity index (χ1) is 34.8. The zero-order chi connectivity index (χ0) is 47.8. The predicted octanol–water partition coefficient (Wildman–Crippen LogP) is 16.1. The molecule has 0 aliphatic heterocycles. The van der Waals surface area contributed by atoms with Crippen LogP contribution in [0.25, 0.3) is 99.8 Å². The molecule has 9 aromatic carbocycles. The summed E-state index contributed by atoms with van der Waals surface area (Å²) in [5, 5.41) is 4.67. The molecular formula is C64H45N5OPt-2. The third-order valence-corrected chi connectivity index (χ3v) is 14.7. The van der Waals surface area contributed by atoms with Crippen molar-refractivity contribution in [1.29, 1.82) is 0 Å². The van der Waals surface area contributed by atoms with Crippen molar-refractivity contribution in [1.82, 2.24) is 23.3 Å². The fourth-order valence-corrected chi connectivity index (χ4v) is 11.4. The van der Waals surface area contributed by atoms with Crippen LogP contribution in [-0.2, 0) is 24.8 Å². The zero-order valence-corrected chi connectivity index (χ0v) is 41.5. The second-order valence-electron chi connectivity index (χ2n) is 19.0. The molecule has 0 unspecified atom stereocenters. The van der Waals surface area contributed by atoms with E-state index >= 15 is 0 Å². The molecule has 4 aromatic heterocycles. The van der Waals surface area contributed by atoms with Crippen molar-refractivity contribution >= 4 is 54.6 Å². The fourth-order valence-electron chi connectivity index (χ4n) is 10.3. The first-order valence-corrected chi connectivity index (χ1v) is 25.0. The number of nitrogens with zero attached hydrogens (tertiary/aromatic N) is 5. The molecule has 71 heavy (non-hydrogen) atoms. The summed E-state index contributed by atoms with van der Waals surface area (Å²) in [4.78, 5) is 4.88. The van der Waals surface area contributed by atoms with Gasteiger partial charge in [-0.3, -0.25) is 0 Å². The molecule has 0 aliphatic rings. The molecule has 0 N–H and O–H groups in total. The molecular weight excluding hydrogens is 1050 g/mol. The summed E-state index contributed by atoms with van der Waals surface area (Å²) in [6.07, 6.45) is 1.90. The normalized spacial score (nSPS) is 12.0. The van der Waals surface area contributed by atoms with Crippen LogP contribution in [0.5, 0.6) is 11.5 Å². The SMILES string of the molecule is CC(C)(C)c1ccnc(-n2c3[c-]c(Oc4[c-]c(-n5[c](=[Pt])n(-c6c(-c7ccccc7)cc(-n7c8ccccc8c8ccccc87)cc6-c6ccccc6)c6ccccc65)ccc4)ccc3c3ccccc32)c1. The summed E-state index contributed by atoms with van der Waals surface area (Å²) in [5.41, 5.74) is 15.1. The average Bonchev–Trinajstić information content (AvgIpc) is 4.03. The van der Waals surface area contributed by atoms with E-state index in [1.165, 1.54) is 27.4 Å². The van der Waals surface area contributed by atoms with Gasteiger partial charge in [0, 0.05) is 6.20 Å². The number of benzene rings is 9. The molecule has 0 spiro atoms. The number of imidazole rings is 1. The van der Waals surface area contributed by atoms with E-state index in [0.717, 1.165) is 81.8 Å². The van der Waals surface area contributed by atoms with Crippen molar-refractivity contribution in [3.05, 3.63) is 240 Å². The third-order valence-electron chi connectivity index (χ3n) is 13.6. The second-order valence-corrected chi connectivity index (χ2v) is 20.0. The number of aromatic nitrogens is 5. The maximum atomic E-state index is 6.75. The first kappa shape index (κ1) is 42.8. The van der Waals surface area contributed by atoms with Gasteiger partial charge in [-0.2, -0.15) is 0 Å². The Morgan fingerprint density at radius 3 is 1.58 bits per heavy atom. The molecule has 7 heteroatoms. The Labute approximate surface area is 422 Å². The number of hydrogen-bond acceptors (Lipinski definition) is 2. The summed E-state index contributed by atoms with van der Waals surface area (Å²) in [7, 11) is 0. The number of fused-ring (bicyclic) bond motifs is 7. The molecule has 0 fully saturated rings. The van der Waals surface area contributed by atoms with Crippen LogP contribution >= 0.6 is 0 Å². The van der Waals surface area contributed by atoms with E-state index in [9.17, 15) is 0 Å². The van der Waals surface area contributed by atoms with Crippen molar-refractivity contribution in [3.63, 3.8) is 0 Å². The summed E-state index contributed by atoms with van der Waals surface area (Å²) < 4.78 is 17.1. The van der Waals surface area contributed by atoms with Crippen LogP contribution in [0.1, 0.15) is 26.3 Å². The van der Waals surface area contributed by atoms with E-state index in [2.05, 4.69) is 265 Å². The van der Waals surface area contributed by atoms with E-state index in [1.54, 1.807) is 0 Å². The Kier molecular flexibility index (Phi) is 10.2. The van der Waals surface area contributed by atoms with Crippen molar-refractivity contribution in [2.75, 3.05) is 0 Å². The minimum absolute atomic E-state index is 0.0368. The molecule has 13 aromatic rings. The molecule has 6 nitrogen and oxygen atoms in total. The fraction of sp³-hybridized carbons (Fsp3) is 0.0625. The molecule has 0 bridgehead atoms. The third kappa shape index (κ3) is 7.20. The van der Waals surface area contributed by atoms with Crippen molar-refractivity contribution in [2.45, 2.75) is 26.2 Å². The van der Waals surface area contributed by atoms with Crippen LogP contribution in [0.4, 0.5) is 0 Å². The van der Waals surface area contributed by atoms with Gasteiger partial charge < -0.3 is 0 Å². The van der Waals surface area contributed by atoms with Crippen LogP contribution in [-0.4, -0.2) is 23.3 Å². The van der Waals surface area contributed by atoms with Crippen LogP contribution in [0, 0.1) is 15.9 Å². The van der Waals surface area contributed by atoms with Crippen molar-refractivity contribution in [2.24, 2.45) is 0 Å². The van der Waals surface area contributed by atoms with E-state index in [0.29, 0.717) is 11.5 Å². The van der Waals surface area contributed by atoms with Crippen molar-refractivity contribution < 1.29 is 24.1 Å². The van der Waals surface area contributed by atoms with Crippen LogP contribution in [0.15, 0.2) is 219 Å². The summed E-state index contributed by atoms with van der Waals surface area (Å²) in [6.45, 7) is 6.69. The van der Waals surface area contributed by atoms with Gasteiger partial charge in [0.05, 0.1) is 0 Å². The molecule has 4 heterocycles. The van der Waals surface area contributed by atoms with Gasteiger partial charge in [0.15, 0.2) is 0 Å². The van der Waals surface area contributed by atoms with E-state index in [-0.39, 0.29) is 5.41 Å². The Morgan fingerprint density at radius 1 is 0.451 bits per heavy atom. The summed E-state index contributed by atoms with van der Waals surface area (Å²) in [6, 6.07) is 82.7. The first-order valence-electron chi connectivity index (χ1n) is 23.9. The van der Waals surface area contributed by atoms with Gasteiger partial charge in [0.25, 0.3) is 0 Å². The molecule has 13 rings (SSSR count). The summed E-state index contributed by atoms with van der Waals surface area (Å²) in [5.74, 6) is 2.02. The van der Waals surface area contributed by atoms with Crippen LogP contribution < -0.4 is 4.74 Å². The quantitative estimate of drug-likeness (QED) is 0.142. The summed E-state index contributed by atoms with van der Waals surface area (Å²) >= 11 is 2.50. The topological polar surface area (TPSA) is 41.8 Å². The zero-order valence-electron chi connectivity index (χ0n) is 39.2. The minimum atomic E-state index is -0.0368. The van der Waals surface area contributed by atoms with E-state index in [1.807, 2.05) is 24.4 Å². The number of rotatable bonds is 8. The molecule has 0 atom stereocenters. The Balaban J connectivity index is 0.987. The standard InChI is InChI=1S/C64H45N5O.Pt/c1-64(2,3)45-35-36-65-62(37-45)69-58-30-15-12-27-52(58)53-34-33-49(41-61(53)69)70-48-24-18-23-46(38-48)66-42-67(60-32-17-16-31-59(60)66)63-54(43-19-6-4-7-20-43)39-47(40-55(63)44-21-8-5-9-22-44)68-56-28-13-10-25-50(56)51-26-11-14-29-57(51)68;/h4-37,39-40H,1-3H3;/q-2;. The van der Waals surface area contributed by atoms with Gasteiger partial charge in [-0.15, -0.1) is 0 Å².